The zero-order chi connectivity index (χ0) is 37.7. The Kier molecular flexibility index (Phi) is 15.6. The molecular weight excluding hydrogens is 698 g/mol. The van der Waals surface area contributed by atoms with Crippen molar-refractivity contribution >= 4 is 5.91 Å². The summed E-state index contributed by atoms with van der Waals surface area (Å²) >= 11 is 0. The van der Waals surface area contributed by atoms with E-state index in [9.17, 15) is 66.1 Å². The molecule has 0 bridgehead atoms. The van der Waals surface area contributed by atoms with Crippen molar-refractivity contribution in [3.05, 3.63) is 0 Å². The van der Waals surface area contributed by atoms with Crippen LogP contribution in [0.1, 0.15) is 13.3 Å². The van der Waals surface area contributed by atoms with Crippen molar-refractivity contribution in [2.45, 2.75) is 130 Å². The molecule has 14 N–H and O–H groups in total. The van der Waals surface area contributed by atoms with E-state index in [1.807, 2.05) is 0 Å². The largest absolute Gasteiger partial charge is 0.394 e. The molecule has 0 aliphatic carbocycles. The maximum absolute atomic E-state index is 11.9. The van der Waals surface area contributed by atoms with Gasteiger partial charge in [-0.3, -0.25) is 4.79 Å². The number of aliphatic hydroxyl groups excluding tert-OH is 13. The van der Waals surface area contributed by atoms with Gasteiger partial charge in [0.05, 0.1) is 51.3 Å². The smallest absolute Gasteiger partial charge is 0.246 e. The van der Waals surface area contributed by atoms with Gasteiger partial charge in [0.2, 0.25) is 5.91 Å². The van der Waals surface area contributed by atoms with Gasteiger partial charge in [0.15, 0.2) is 18.9 Å². The molecule has 4 heterocycles. The Morgan fingerprint density at radius 3 is 1.88 bits per heavy atom. The van der Waals surface area contributed by atoms with Gasteiger partial charge in [0, 0.05) is 12.3 Å². The van der Waals surface area contributed by atoms with Gasteiger partial charge in [-0.1, -0.05) is 6.92 Å². The van der Waals surface area contributed by atoms with Crippen molar-refractivity contribution in [1.29, 1.82) is 0 Å². The topological polar surface area (TPSA) is 357 Å². The third-order valence-electron chi connectivity index (χ3n) is 9.53. The molecule has 0 radical (unpaired) electrons. The van der Waals surface area contributed by atoms with E-state index < -0.39 is 168 Å². The molecule has 298 valence electrons. The van der Waals surface area contributed by atoms with E-state index in [4.69, 9.17) is 38.3 Å². The fourth-order valence-corrected chi connectivity index (χ4v) is 6.56. The molecule has 20 atom stereocenters. The molecule has 51 heavy (non-hydrogen) atoms. The highest BCUT2D eigenvalue weighted by Crippen LogP contribution is 2.36. The van der Waals surface area contributed by atoms with Gasteiger partial charge in [-0.15, -0.1) is 0 Å². The van der Waals surface area contributed by atoms with Gasteiger partial charge in [0.1, 0.15) is 86.0 Å². The maximum atomic E-state index is 11.9. The van der Waals surface area contributed by atoms with Crippen molar-refractivity contribution in [2.75, 3.05) is 39.6 Å². The van der Waals surface area contributed by atoms with Crippen LogP contribution in [0.3, 0.4) is 0 Å². The Labute approximate surface area is 291 Å². The van der Waals surface area contributed by atoms with Crippen LogP contribution in [0.5, 0.6) is 0 Å². The monoisotopic (exact) mass is 749 g/mol. The SMILES string of the molecule is CC1[C@H](O[C@@H]2C(O)COC(CO)[C@@H]2O)OC(CO)[C@H](O)[C@@H]1O[C@@H]1OC(CO)[C@H](O)[C@H](O[C@@H]2CC(O)[C@@H](NC(=O)CO)C(C(O)[C@H](O)CO)O2)C1O. The molecule has 4 aliphatic heterocycles. The second-order valence-corrected chi connectivity index (χ2v) is 13.0. The highest BCUT2D eigenvalue weighted by Gasteiger charge is 2.54. The molecule has 0 aromatic rings. The quantitative estimate of drug-likeness (QED) is 0.0784. The van der Waals surface area contributed by atoms with Crippen LogP contribution in [0, 0.1) is 5.92 Å². The van der Waals surface area contributed by atoms with E-state index in [0.29, 0.717) is 0 Å². The van der Waals surface area contributed by atoms with Gasteiger partial charge in [-0.25, -0.2) is 0 Å². The summed E-state index contributed by atoms with van der Waals surface area (Å²) in [6, 6.07) is -1.42. The van der Waals surface area contributed by atoms with Crippen molar-refractivity contribution < 1.29 is 104 Å². The number of ether oxygens (including phenoxy) is 7. The summed E-state index contributed by atoms with van der Waals surface area (Å²) in [6.45, 7) is -2.95. The van der Waals surface area contributed by atoms with E-state index >= 15 is 0 Å². The molecule has 0 saturated carbocycles. The number of carbonyl (C=O) groups is 1. The van der Waals surface area contributed by atoms with E-state index in [2.05, 4.69) is 5.32 Å². The van der Waals surface area contributed by atoms with Crippen molar-refractivity contribution in [1.82, 2.24) is 5.32 Å². The van der Waals surface area contributed by atoms with Gasteiger partial charge in [-0.2, -0.15) is 0 Å². The standard InChI is InChI=1S/C29H51NO21/c1-9-24(21(42)14(5-33)46-28(9)51-25-12(38)8-45-13(4-32)20(25)41)50-29-23(44)27(22(43)15(6-34)47-29)49-17-2-10(36)18(30-16(39)7-35)26(48-17)19(40)11(37)3-31/h9-15,17-29,31-38,40-44H,2-8H2,1H3,(H,30,39)/t9?,10?,11-,12?,13?,14?,15?,17-,18-,19?,20+,21+,22+,23?,24-,25-,26?,27+,28+,29+/m1/s1. The minimum Gasteiger partial charge on any atom is -0.394 e. The van der Waals surface area contributed by atoms with Gasteiger partial charge in [0.25, 0.3) is 0 Å². The molecule has 4 fully saturated rings. The number of hydrogen-bond donors (Lipinski definition) is 14. The van der Waals surface area contributed by atoms with Crippen LogP contribution in [-0.2, 0) is 38.0 Å². The molecule has 0 aromatic heterocycles. The van der Waals surface area contributed by atoms with Crippen LogP contribution in [0.15, 0.2) is 0 Å². The molecule has 1 amide bonds. The second kappa shape index (κ2) is 18.8. The summed E-state index contributed by atoms with van der Waals surface area (Å²) in [4.78, 5) is 11.9. The normalized spacial score (nSPS) is 46.3. The van der Waals surface area contributed by atoms with Crippen LogP contribution in [0.25, 0.3) is 0 Å². The van der Waals surface area contributed by atoms with Crippen molar-refractivity contribution in [3.63, 3.8) is 0 Å². The van der Waals surface area contributed by atoms with E-state index in [-0.39, 0.29) is 6.61 Å². The summed E-state index contributed by atoms with van der Waals surface area (Å²) in [5, 5.41) is 136. The summed E-state index contributed by atoms with van der Waals surface area (Å²) in [6.07, 6.45) is -28.7. The predicted molar refractivity (Wildman–Crippen MR) is 160 cm³/mol. The van der Waals surface area contributed by atoms with Crippen LogP contribution < -0.4 is 5.32 Å². The third kappa shape index (κ3) is 9.49. The Morgan fingerprint density at radius 2 is 1.29 bits per heavy atom. The average Bonchev–Trinajstić information content (AvgIpc) is 3.12. The highest BCUT2D eigenvalue weighted by molar-refractivity contribution is 5.77. The lowest BCUT2D eigenvalue weighted by molar-refractivity contribution is -0.374. The zero-order valence-corrected chi connectivity index (χ0v) is 27.6. The maximum Gasteiger partial charge on any atom is 0.246 e. The van der Waals surface area contributed by atoms with Crippen LogP contribution in [0.2, 0.25) is 0 Å². The van der Waals surface area contributed by atoms with Gasteiger partial charge >= 0.3 is 0 Å². The van der Waals surface area contributed by atoms with E-state index in [1.165, 1.54) is 6.92 Å². The minimum absolute atomic E-state index is 0.296. The predicted octanol–water partition coefficient (Wildman–Crippen LogP) is -8.92. The molecule has 4 saturated heterocycles. The fourth-order valence-electron chi connectivity index (χ4n) is 6.56. The Bertz CT molecular complexity index is 1080. The Balaban J connectivity index is 1.53. The summed E-state index contributed by atoms with van der Waals surface area (Å²) < 4.78 is 39.8. The molecular formula is C29H51NO21. The zero-order valence-electron chi connectivity index (χ0n) is 27.6. The van der Waals surface area contributed by atoms with E-state index in [0.717, 1.165) is 0 Å². The Hall–Kier alpha value is -1.33. The molecule has 4 rings (SSSR count). The van der Waals surface area contributed by atoms with E-state index in [1.54, 1.807) is 0 Å². The number of rotatable bonds is 14. The summed E-state index contributed by atoms with van der Waals surface area (Å²) in [5.74, 6) is -1.95. The van der Waals surface area contributed by atoms with Crippen molar-refractivity contribution in [3.8, 4) is 0 Å². The van der Waals surface area contributed by atoms with Crippen LogP contribution in [-0.4, -0.2) is 228 Å². The third-order valence-corrected chi connectivity index (χ3v) is 9.53. The average molecular weight is 750 g/mol. The Morgan fingerprint density at radius 1 is 0.725 bits per heavy atom. The number of nitrogens with one attached hydrogen (secondary N) is 1. The minimum atomic E-state index is -1.93. The highest BCUT2D eigenvalue weighted by atomic mass is 16.7. The number of aliphatic hydroxyl groups is 13. The first-order valence-corrected chi connectivity index (χ1v) is 16.5. The lowest BCUT2D eigenvalue weighted by Gasteiger charge is -2.49. The molecule has 0 spiro atoms. The lowest BCUT2D eigenvalue weighted by atomic mass is 9.91. The summed E-state index contributed by atoms with van der Waals surface area (Å²) in [7, 11) is 0. The van der Waals surface area contributed by atoms with Crippen LogP contribution >= 0.6 is 0 Å². The van der Waals surface area contributed by atoms with Crippen LogP contribution in [0.4, 0.5) is 0 Å². The van der Waals surface area contributed by atoms with Gasteiger partial charge in [-0.05, 0) is 0 Å². The molecule has 22 nitrogen and oxygen atoms in total. The fraction of sp³-hybridized carbons (Fsp3) is 0.966. The molecule has 22 heteroatoms. The number of hydrogen-bond acceptors (Lipinski definition) is 21. The second-order valence-electron chi connectivity index (χ2n) is 13.0. The molecule has 0 aromatic carbocycles. The van der Waals surface area contributed by atoms with Crippen molar-refractivity contribution in [2.24, 2.45) is 5.92 Å². The summed E-state index contributed by atoms with van der Waals surface area (Å²) in [5.41, 5.74) is 0. The number of carbonyl (C=O) groups excluding carboxylic acids is 1. The van der Waals surface area contributed by atoms with Gasteiger partial charge < -0.3 is 105 Å². The first-order chi connectivity index (χ1) is 24.2. The first-order valence-electron chi connectivity index (χ1n) is 16.5. The molecule has 9 unspecified atom stereocenters. The first kappa shape index (κ1) is 42.4. The molecule has 4 aliphatic rings. The number of amides is 1. The lowest BCUT2D eigenvalue weighted by Crippen LogP contribution is -2.66.